The Labute approximate surface area is 135 Å². The zero-order chi connectivity index (χ0) is 15.4. The van der Waals surface area contributed by atoms with Crippen molar-refractivity contribution in [3.05, 3.63) is 29.3 Å². The van der Waals surface area contributed by atoms with Gasteiger partial charge in [0.2, 0.25) is 0 Å². The minimum atomic E-state index is 0.214. The van der Waals surface area contributed by atoms with Gasteiger partial charge in [0.25, 0.3) is 0 Å². The second-order valence-corrected chi connectivity index (χ2v) is 8.50. The lowest BCUT2D eigenvalue weighted by molar-refractivity contribution is 0.123. The predicted molar refractivity (Wildman–Crippen MR) is 91.1 cm³/mol. The summed E-state index contributed by atoms with van der Waals surface area (Å²) in [6.07, 6.45) is 3.68. The van der Waals surface area contributed by atoms with E-state index in [1.807, 2.05) is 18.2 Å². The molecule has 2 aromatic rings. The van der Waals surface area contributed by atoms with Crippen molar-refractivity contribution in [3.8, 4) is 0 Å². The van der Waals surface area contributed by atoms with Crippen LogP contribution in [-0.2, 0) is 11.4 Å². The highest BCUT2D eigenvalue weighted by molar-refractivity contribution is 7.18. The first kappa shape index (κ1) is 14.2. The average Bonchev–Trinajstić information content (AvgIpc) is 3.05. The largest absolute Gasteiger partial charge is 0.388 e. The Morgan fingerprint density at radius 2 is 2.14 bits per heavy atom. The number of benzene rings is 1. The number of nitrogens with zero attached hydrogens (tertiary/aromatic N) is 2. The highest BCUT2D eigenvalue weighted by Crippen LogP contribution is 2.64. The minimum Gasteiger partial charge on any atom is -0.388 e. The number of rotatable bonds is 3. The molecule has 1 aromatic heterocycles. The van der Waals surface area contributed by atoms with Crippen molar-refractivity contribution in [2.24, 2.45) is 21.9 Å². The first-order chi connectivity index (χ1) is 10.5. The Bertz CT molecular complexity index is 715. The molecule has 3 nitrogen and oxygen atoms in total. The predicted octanol–water partition coefficient (Wildman–Crippen LogP) is 5.02. The molecule has 0 saturated heterocycles. The molecule has 0 radical (unpaired) electrons. The van der Waals surface area contributed by atoms with Gasteiger partial charge in [0.05, 0.1) is 15.9 Å². The average molecular weight is 314 g/mol. The van der Waals surface area contributed by atoms with E-state index in [1.165, 1.54) is 23.3 Å². The lowest BCUT2D eigenvalue weighted by Gasteiger charge is -2.34. The number of hydrogen-bond donors (Lipinski definition) is 0. The highest BCUT2D eigenvalue weighted by Gasteiger charge is 2.60. The fourth-order valence-electron chi connectivity index (χ4n) is 4.21. The van der Waals surface area contributed by atoms with E-state index in [-0.39, 0.29) is 5.41 Å². The number of thiazole rings is 1. The molecule has 0 amide bonds. The van der Waals surface area contributed by atoms with Crippen molar-refractivity contribution in [2.45, 2.75) is 46.6 Å². The Morgan fingerprint density at radius 1 is 1.32 bits per heavy atom. The summed E-state index contributed by atoms with van der Waals surface area (Å²) in [6.45, 7) is 7.62. The van der Waals surface area contributed by atoms with Crippen LogP contribution in [0.3, 0.4) is 0 Å². The van der Waals surface area contributed by atoms with Gasteiger partial charge < -0.3 is 4.84 Å². The highest BCUT2D eigenvalue weighted by atomic mass is 32.1. The van der Waals surface area contributed by atoms with Crippen molar-refractivity contribution in [2.75, 3.05) is 0 Å². The second kappa shape index (κ2) is 4.79. The number of hydrogen-bond acceptors (Lipinski definition) is 4. The lowest BCUT2D eigenvalue weighted by atomic mass is 9.70. The van der Waals surface area contributed by atoms with Crippen molar-refractivity contribution < 1.29 is 4.84 Å². The quantitative estimate of drug-likeness (QED) is 0.746. The molecule has 4 rings (SSSR count). The molecule has 2 bridgehead atoms. The van der Waals surface area contributed by atoms with Crippen molar-refractivity contribution in [1.82, 2.24) is 4.98 Å². The summed E-state index contributed by atoms with van der Waals surface area (Å²) in [4.78, 5) is 10.3. The van der Waals surface area contributed by atoms with Gasteiger partial charge in [-0.05, 0) is 42.7 Å². The Hall–Kier alpha value is -1.42. The maximum absolute atomic E-state index is 5.68. The van der Waals surface area contributed by atoms with Crippen molar-refractivity contribution in [1.29, 1.82) is 0 Å². The number of aromatic nitrogens is 1. The van der Waals surface area contributed by atoms with Crippen LogP contribution in [0, 0.1) is 16.7 Å². The smallest absolute Gasteiger partial charge is 0.168 e. The van der Waals surface area contributed by atoms with E-state index in [0.29, 0.717) is 12.0 Å². The topological polar surface area (TPSA) is 34.5 Å². The molecule has 0 spiro atoms. The summed E-state index contributed by atoms with van der Waals surface area (Å²) >= 11 is 1.69. The van der Waals surface area contributed by atoms with Crippen LogP contribution in [0.4, 0.5) is 0 Å². The molecule has 1 aromatic carbocycles. The normalized spacial score (nSPS) is 31.2. The monoisotopic (exact) mass is 314 g/mol. The van der Waals surface area contributed by atoms with Gasteiger partial charge in [0, 0.05) is 5.41 Å². The van der Waals surface area contributed by atoms with Crippen LogP contribution in [0.1, 0.15) is 45.0 Å². The fourth-order valence-corrected chi connectivity index (χ4v) is 5.09. The molecular weight excluding hydrogens is 292 g/mol. The molecule has 1 heterocycles. The van der Waals surface area contributed by atoms with E-state index < -0.39 is 0 Å². The summed E-state index contributed by atoms with van der Waals surface area (Å²) in [5, 5.41) is 5.52. The van der Waals surface area contributed by atoms with Crippen LogP contribution in [0.2, 0.25) is 0 Å². The first-order valence-corrected chi connectivity index (χ1v) is 8.86. The van der Waals surface area contributed by atoms with Crippen molar-refractivity contribution >= 4 is 27.3 Å². The van der Waals surface area contributed by atoms with Crippen LogP contribution in [0.25, 0.3) is 10.2 Å². The van der Waals surface area contributed by atoms with Crippen LogP contribution >= 0.6 is 11.3 Å². The molecule has 0 unspecified atom stereocenters. The van der Waals surface area contributed by atoms with Crippen LogP contribution in [0.15, 0.2) is 29.4 Å². The van der Waals surface area contributed by atoms with E-state index in [9.17, 15) is 0 Å². The van der Waals surface area contributed by atoms with Crippen LogP contribution in [0.5, 0.6) is 0 Å². The minimum absolute atomic E-state index is 0.214. The van der Waals surface area contributed by atoms with Gasteiger partial charge in [-0.25, -0.2) is 4.98 Å². The molecule has 2 atom stereocenters. The zero-order valence-corrected chi connectivity index (χ0v) is 14.2. The van der Waals surface area contributed by atoms with Gasteiger partial charge >= 0.3 is 0 Å². The molecule has 22 heavy (non-hydrogen) atoms. The van der Waals surface area contributed by atoms with Gasteiger partial charge in [-0.15, -0.1) is 11.3 Å². The molecule has 116 valence electrons. The van der Waals surface area contributed by atoms with Crippen LogP contribution in [-0.4, -0.2) is 10.7 Å². The van der Waals surface area contributed by atoms with Gasteiger partial charge in [0.15, 0.2) is 6.61 Å². The SMILES string of the molecule is CC1(C)[C@H]2CC[C@@]1(C)/C(=N/OCc1nc3ccccc3s1)C2. The number of oxime groups is 1. The summed E-state index contributed by atoms with van der Waals surface area (Å²) in [7, 11) is 0. The molecule has 2 aliphatic rings. The van der Waals surface area contributed by atoms with E-state index in [0.717, 1.165) is 22.9 Å². The van der Waals surface area contributed by atoms with E-state index in [2.05, 4.69) is 37.0 Å². The summed E-state index contributed by atoms with van der Waals surface area (Å²) in [6, 6.07) is 8.21. The molecule has 2 saturated carbocycles. The fraction of sp³-hybridized carbons (Fsp3) is 0.556. The van der Waals surface area contributed by atoms with E-state index in [4.69, 9.17) is 4.84 Å². The lowest BCUT2D eigenvalue weighted by Crippen LogP contribution is -2.32. The summed E-state index contributed by atoms with van der Waals surface area (Å²) in [5.41, 5.74) is 2.87. The maximum atomic E-state index is 5.68. The molecule has 0 N–H and O–H groups in total. The third-order valence-electron chi connectivity index (χ3n) is 6.21. The zero-order valence-electron chi connectivity index (χ0n) is 13.4. The molecule has 0 aliphatic heterocycles. The van der Waals surface area contributed by atoms with Gasteiger partial charge in [-0.1, -0.05) is 38.1 Å². The van der Waals surface area contributed by atoms with Gasteiger partial charge in [0.1, 0.15) is 5.01 Å². The Balaban J connectivity index is 1.49. The first-order valence-electron chi connectivity index (χ1n) is 8.04. The molecule has 2 aliphatic carbocycles. The molecule has 4 heteroatoms. The third-order valence-corrected chi connectivity index (χ3v) is 7.22. The summed E-state index contributed by atoms with van der Waals surface area (Å²) < 4.78 is 1.21. The molecular formula is C18H22N2OS. The maximum Gasteiger partial charge on any atom is 0.168 e. The van der Waals surface area contributed by atoms with Crippen molar-refractivity contribution in [3.63, 3.8) is 0 Å². The Morgan fingerprint density at radius 3 is 2.82 bits per heavy atom. The van der Waals surface area contributed by atoms with E-state index >= 15 is 0 Å². The van der Waals surface area contributed by atoms with E-state index in [1.54, 1.807) is 11.3 Å². The Kier molecular flexibility index (Phi) is 3.09. The number of para-hydroxylation sites is 1. The standard InChI is InChI=1S/C18H22N2OS/c1-17(2)12-8-9-18(17,3)15(10-12)20-21-11-16-19-13-6-4-5-7-14(13)22-16/h4-7,12H,8-11H2,1-3H3/b20-15+/t12-,18-/m0/s1. The third kappa shape index (κ3) is 1.93. The second-order valence-electron chi connectivity index (χ2n) is 7.38. The number of fused-ring (bicyclic) bond motifs is 3. The van der Waals surface area contributed by atoms with Crippen LogP contribution < -0.4 is 0 Å². The molecule has 2 fully saturated rings. The van der Waals surface area contributed by atoms with Gasteiger partial charge in [-0.2, -0.15) is 0 Å². The van der Waals surface area contributed by atoms with Gasteiger partial charge in [-0.3, -0.25) is 0 Å². The summed E-state index contributed by atoms with van der Waals surface area (Å²) in [5.74, 6) is 0.766.